The Labute approximate surface area is 103 Å². The predicted molar refractivity (Wildman–Crippen MR) is 65.2 cm³/mol. The van der Waals surface area contributed by atoms with Crippen LogP contribution >= 0.6 is 0 Å². The Kier molecular flexibility index (Phi) is 5.80. The Balaban J connectivity index is 2.19. The summed E-state index contributed by atoms with van der Waals surface area (Å²) in [6.45, 7) is 6.99. The fourth-order valence-electron chi connectivity index (χ4n) is 2.05. The van der Waals surface area contributed by atoms with E-state index in [1.165, 1.54) is 12.8 Å². The molecule has 0 saturated carbocycles. The van der Waals surface area contributed by atoms with Gasteiger partial charge in [0.15, 0.2) is 0 Å². The van der Waals surface area contributed by atoms with Crippen LogP contribution in [0.15, 0.2) is 0 Å². The largest absolute Gasteiger partial charge is 0.345 e. The molecular weight excluding hydrogens is 224 g/mol. The minimum atomic E-state index is -2.62. The lowest BCUT2D eigenvalue weighted by molar-refractivity contribution is -0.172. The van der Waals surface area contributed by atoms with E-state index in [1.54, 1.807) is 0 Å². The molecule has 0 bridgehead atoms. The molecule has 1 aliphatic rings. The van der Waals surface area contributed by atoms with Gasteiger partial charge in [-0.15, -0.1) is 0 Å². The van der Waals surface area contributed by atoms with Crippen molar-refractivity contribution in [2.75, 3.05) is 19.6 Å². The lowest BCUT2D eigenvalue weighted by Gasteiger charge is -2.34. The lowest BCUT2D eigenvalue weighted by atomic mass is 9.86. The van der Waals surface area contributed by atoms with Crippen molar-refractivity contribution in [2.24, 2.45) is 5.41 Å². The molecule has 1 saturated heterocycles. The van der Waals surface area contributed by atoms with Crippen molar-refractivity contribution in [3.05, 3.63) is 0 Å². The number of hydrogen-bond acceptors (Lipinski definition) is 2. The van der Waals surface area contributed by atoms with Gasteiger partial charge in [0.25, 0.3) is 0 Å². The van der Waals surface area contributed by atoms with E-state index in [2.05, 4.69) is 30.4 Å². The molecule has 0 aromatic heterocycles. The van der Waals surface area contributed by atoms with Crippen LogP contribution in [0.2, 0.25) is 0 Å². The van der Waals surface area contributed by atoms with E-state index in [9.17, 15) is 8.78 Å². The van der Waals surface area contributed by atoms with Gasteiger partial charge in [-0.3, -0.25) is 0 Å². The first kappa shape index (κ1) is 14.8. The SMILES string of the molecule is CCC(C)(C)CCN1CCC(OC(F)F)CC1. The van der Waals surface area contributed by atoms with Crippen LogP contribution < -0.4 is 0 Å². The molecule has 0 unspecified atom stereocenters. The third kappa shape index (κ3) is 5.77. The number of ether oxygens (including phenoxy) is 1. The number of alkyl halides is 2. The highest BCUT2D eigenvalue weighted by atomic mass is 19.3. The first-order valence-electron chi connectivity index (χ1n) is 6.59. The third-order valence-electron chi connectivity index (χ3n) is 3.89. The summed E-state index contributed by atoms with van der Waals surface area (Å²) in [6, 6.07) is 0. The minimum absolute atomic E-state index is 0.245. The molecule has 0 amide bonds. The zero-order valence-corrected chi connectivity index (χ0v) is 11.2. The van der Waals surface area contributed by atoms with Gasteiger partial charge in [-0.2, -0.15) is 8.78 Å². The molecule has 0 N–H and O–H groups in total. The van der Waals surface area contributed by atoms with Crippen molar-refractivity contribution in [2.45, 2.75) is 59.2 Å². The maximum Gasteiger partial charge on any atom is 0.345 e. The van der Waals surface area contributed by atoms with Gasteiger partial charge in [-0.1, -0.05) is 27.2 Å². The van der Waals surface area contributed by atoms with Crippen LogP contribution in [0, 0.1) is 5.41 Å². The van der Waals surface area contributed by atoms with Gasteiger partial charge in [0.2, 0.25) is 0 Å². The molecule has 0 aromatic carbocycles. The minimum Gasteiger partial charge on any atom is -0.320 e. The summed E-state index contributed by atoms with van der Waals surface area (Å²) in [6.07, 6.45) is 3.57. The molecule has 0 radical (unpaired) electrons. The summed E-state index contributed by atoms with van der Waals surface area (Å²) in [4.78, 5) is 2.36. The second-order valence-electron chi connectivity index (χ2n) is 5.71. The maximum absolute atomic E-state index is 12.0. The lowest BCUT2D eigenvalue weighted by Crippen LogP contribution is -2.39. The number of halogens is 2. The molecule has 102 valence electrons. The van der Waals surface area contributed by atoms with E-state index in [1.807, 2.05) is 0 Å². The van der Waals surface area contributed by atoms with E-state index in [4.69, 9.17) is 0 Å². The average molecular weight is 249 g/mol. The molecule has 1 rings (SSSR count). The quantitative estimate of drug-likeness (QED) is 0.714. The number of nitrogens with zero attached hydrogens (tertiary/aromatic N) is 1. The molecule has 2 nitrogen and oxygen atoms in total. The topological polar surface area (TPSA) is 12.5 Å². The van der Waals surface area contributed by atoms with Gasteiger partial charge < -0.3 is 9.64 Å². The Hall–Kier alpha value is -0.220. The van der Waals surface area contributed by atoms with Crippen LogP contribution in [0.3, 0.4) is 0 Å². The van der Waals surface area contributed by atoms with E-state index in [0.717, 1.165) is 32.5 Å². The summed E-state index contributed by atoms with van der Waals surface area (Å²) in [5, 5.41) is 0. The molecule has 0 aromatic rings. The molecule has 0 atom stereocenters. The van der Waals surface area contributed by atoms with E-state index in [0.29, 0.717) is 5.41 Å². The number of hydrogen-bond donors (Lipinski definition) is 0. The normalized spacial score (nSPS) is 20.1. The second kappa shape index (κ2) is 6.64. The monoisotopic (exact) mass is 249 g/mol. The average Bonchev–Trinajstić information content (AvgIpc) is 2.28. The zero-order chi connectivity index (χ0) is 12.9. The van der Waals surface area contributed by atoms with Gasteiger partial charge in [-0.05, 0) is 31.2 Å². The van der Waals surface area contributed by atoms with Gasteiger partial charge in [-0.25, -0.2) is 0 Å². The Bertz CT molecular complexity index is 213. The van der Waals surface area contributed by atoms with Crippen molar-refractivity contribution in [3.63, 3.8) is 0 Å². The van der Waals surface area contributed by atoms with Gasteiger partial charge in [0.05, 0.1) is 6.10 Å². The van der Waals surface area contributed by atoms with Crippen molar-refractivity contribution in [3.8, 4) is 0 Å². The fraction of sp³-hybridized carbons (Fsp3) is 1.00. The van der Waals surface area contributed by atoms with Gasteiger partial charge >= 0.3 is 6.61 Å². The highest BCUT2D eigenvalue weighted by Gasteiger charge is 2.23. The van der Waals surface area contributed by atoms with Crippen LogP contribution in [0.5, 0.6) is 0 Å². The van der Waals surface area contributed by atoms with Crippen LogP contribution in [-0.4, -0.2) is 37.2 Å². The summed E-state index contributed by atoms with van der Waals surface area (Å²) >= 11 is 0. The summed E-state index contributed by atoms with van der Waals surface area (Å²) < 4.78 is 28.6. The van der Waals surface area contributed by atoms with Crippen LogP contribution in [-0.2, 0) is 4.74 Å². The maximum atomic E-state index is 12.0. The standard InChI is InChI=1S/C13H25F2NO/c1-4-13(2,3)7-10-16-8-5-11(6-9-16)17-12(14)15/h11-12H,4-10H2,1-3H3. The van der Waals surface area contributed by atoms with Crippen molar-refractivity contribution < 1.29 is 13.5 Å². The second-order valence-corrected chi connectivity index (χ2v) is 5.71. The number of piperidine rings is 1. The summed E-state index contributed by atoms with van der Waals surface area (Å²) in [7, 11) is 0. The summed E-state index contributed by atoms with van der Waals surface area (Å²) in [5.41, 5.74) is 0.385. The molecule has 0 aliphatic carbocycles. The highest BCUT2D eigenvalue weighted by molar-refractivity contribution is 4.75. The Morgan fingerprint density at radius 2 is 1.88 bits per heavy atom. The van der Waals surface area contributed by atoms with Crippen LogP contribution in [0.1, 0.15) is 46.5 Å². The fourth-order valence-corrected chi connectivity index (χ4v) is 2.05. The highest BCUT2D eigenvalue weighted by Crippen LogP contribution is 2.25. The first-order chi connectivity index (χ1) is 7.93. The summed E-state index contributed by atoms with van der Waals surface area (Å²) in [5.74, 6) is 0. The van der Waals surface area contributed by atoms with Crippen molar-refractivity contribution in [1.29, 1.82) is 0 Å². The Morgan fingerprint density at radius 1 is 1.29 bits per heavy atom. The van der Waals surface area contributed by atoms with Crippen molar-refractivity contribution in [1.82, 2.24) is 4.90 Å². The van der Waals surface area contributed by atoms with E-state index in [-0.39, 0.29) is 6.10 Å². The molecular formula is C13H25F2NO. The van der Waals surface area contributed by atoms with E-state index < -0.39 is 6.61 Å². The third-order valence-corrected chi connectivity index (χ3v) is 3.89. The number of rotatable bonds is 6. The first-order valence-corrected chi connectivity index (χ1v) is 6.59. The van der Waals surface area contributed by atoms with Crippen LogP contribution in [0.4, 0.5) is 8.78 Å². The Morgan fingerprint density at radius 3 is 2.35 bits per heavy atom. The van der Waals surface area contributed by atoms with Gasteiger partial charge in [0.1, 0.15) is 0 Å². The predicted octanol–water partition coefficient (Wildman–Crippen LogP) is 3.52. The molecule has 17 heavy (non-hydrogen) atoms. The molecule has 1 heterocycles. The molecule has 0 spiro atoms. The number of likely N-dealkylation sites (tertiary alicyclic amines) is 1. The molecule has 1 fully saturated rings. The zero-order valence-electron chi connectivity index (χ0n) is 11.2. The molecule has 4 heteroatoms. The molecule has 1 aliphatic heterocycles. The van der Waals surface area contributed by atoms with Crippen LogP contribution in [0.25, 0.3) is 0 Å². The van der Waals surface area contributed by atoms with Gasteiger partial charge in [0, 0.05) is 13.1 Å². The van der Waals surface area contributed by atoms with Crippen molar-refractivity contribution >= 4 is 0 Å². The van der Waals surface area contributed by atoms with E-state index >= 15 is 0 Å². The smallest absolute Gasteiger partial charge is 0.320 e.